The molecule has 0 atom stereocenters. The fraction of sp³-hybridized carbons (Fsp3) is 0.0667. The van der Waals surface area contributed by atoms with Gasteiger partial charge >= 0.3 is 6.18 Å². The Labute approximate surface area is 130 Å². The summed E-state index contributed by atoms with van der Waals surface area (Å²) in [6.07, 6.45) is -2.92. The first-order chi connectivity index (χ1) is 10.4. The van der Waals surface area contributed by atoms with E-state index in [-0.39, 0.29) is 10.7 Å². The maximum Gasteiger partial charge on any atom is 0.417 e. The summed E-state index contributed by atoms with van der Waals surface area (Å²) in [7, 11) is 0. The van der Waals surface area contributed by atoms with Crippen molar-refractivity contribution < 1.29 is 13.2 Å². The lowest BCUT2D eigenvalue weighted by Crippen LogP contribution is -2.23. The van der Waals surface area contributed by atoms with Crippen molar-refractivity contribution in [2.24, 2.45) is 10.8 Å². The number of halogens is 3. The topological polar surface area (TPSA) is 50.4 Å². The van der Waals surface area contributed by atoms with Crippen molar-refractivity contribution in [3.05, 3.63) is 59.7 Å². The maximum absolute atomic E-state index is 13.0. The Hall–Kier alpha value is -2.41. The number of nitrogens with zero attached hydrogens (tertiary/aromatic N) is 1. The second-order valence-corrected chi connectivity index (χ2v) is 4.84. The van der Waals surface area contributed by atoms with Gasteiger partial charge in [0.25, 0.3) is 0 Å². The molecule has 2 aromatic carbocycles. The number of nitrogens with one attached hydrogen (secondary N) is 1. The van der Waals surface area contributed by atoms with Crippen LogP contribution in [-0.4, -0.2) is 11.3 Å². The number of thiocarbonyl (C=S) groups is 1. The summed E-state index contributed by atoms with van der Waals surface area (Å²) in [6, 6.07) is 12.0. The molecule has 0 aliphatic carbocycles. The molecule has 0 spiro atoms. The van der Waals surface area contributed by atoms with Crippen molar-refractivity contribution >= 4 is 23.5 Å². The zero-order valence-corrected chi connectivity index (χ0v) is 12.1. The van der Waals surface area contributed by atoms with Crippen molar-refractivity contribution in [1.29, 1.82) is 0 Å². The van der Waals surface area contributed by atoms with Crippen LogP contribution in [0.25, 0.3) is 11.1 Å². The Morgan fingerprint density at radius 1 is 1.09 bits per heavy atom. The van der Waals surface area contributed by atoms with E-state index in [1.165, 1.54) is 18.3 Å². The van der Waals surface area contributed by atoms with Gasteiger partial charge in [0.05, 0.1) is 11.8 Å². The smallest absolute Gasteiger partial charge is 0.375 e. The van der Waals surface area contributed by atoms with Crippen LogP contribution in [0.2, 0.25) is 0 Å². The minimum Gasteiger partial charge on any atom is -0.375 e. The number of alkyl halides is 3. The third kappa shape index (κ3) is 4.05. The van der Waals surface area contributed by atoms with Gasteiger partial charge in [-0.3, -0.25) is 5.43 Å². The second kappa shape index (κ2) is 6.57. The number of hydrazone groups is 1. The number of rotatable bonds is 3. The molecule has 0 radical (unpaired) electrons. The van der Waals surface area contributed by atoms with Gasteiger partial charge in [0, 0.05) is 0 Å². The van der Waals surface area contributed by atoms with E-state index < -0.39 is 11.7 Å². The number of hydrogen-bond acceptors (Lipinski definition) is 2. The highest BCUT2D eigenvalue weighted by atomic mass is 32.1. The summed E-state index contributed by atoms with van der Waals surface area (Å²) < 4.78 is 39.0. The van der Waals surface area contributed by atoms with Crippen molar-refractivity contribution in [3.8, 4) is 11.1 Å². The molecule has 3 nitrogen and oxygen atoms in total. The Morgan fingerprint density at radius 2 is 1.73 bits per heavy atom. The van der Waals surface area contributed by atoms with Gasteiger partial charge in [0.15, 0.2) is 5.11 Å². The molecule has 114 valence electrons. The maximum atomic E-state index is 13.0. The molecule has 2 aromatic rings. The molecule has 0 unspecified atom stereocenters. The third-order valence-corrected chi connectivity index (χ3v) is 2.93. The first-order valence-corrected chi connectivity index (χ1v) is 6.64. The largest absolute Gasteiger partial charge is 0.417 e. The molecule has 0 bridgehead atoms. The highest BCUT2D eigenvalue weighted by Gasteiger charge is 2.33. The molecule has 0 saturated carbocycles. The molecule has 7 heteroatoms. The van der Waals surface area contributed by atoms with Crippen molar-refractivity contribution in [1.82, 2.24) is 5.43 Å². The molecule has 0 fully saturated rings. The van der Waals surface area contributed by atoms with Crippen LogP contribution in [-0.2, 0) is 6.18 Å². The normalized spacial score (nSPS) is 11.6. The molecular weight excluding hydrogens is 311 g/mol. The number of benzene rings is 2. The Balaban J connectivity index is 2.28. The highest BCUT2D eigenvalue weighted by molar-refractivity contribution is 7.80. The summed E-state index contributed by atoms with van der Waals surface area (Å²) in [5.74, 6) is 0. The van der Waals surface area contributed by atoms with E-state index in [2.05, 4.69) is 22.7 Å². The highest BCUT2D eigenvalue weighted by Crippen LogP contribution is 2.36. The fourth-order valence-electron chi connectivity index (χ4n) is 1.90. The van der Waals surface area contributed by atoms with Crippen molar-refractivity contribution in [2.75, 3.05) is 0 Å². The van der Waals surface area contributed by atoms with E-state index in [0.29, 0.717) is 11.1 Å². The Morgan fingerprint density at radius 3 is 2.32 bits per heavy atom. The molecule has 0 heterocycles. The van der Waals surface area contributed by atoms with E-state index in [4.69, 9.17) is 5.73 Å². The molecule has 22 heavy (non-hydrogen) atoms. The average Bonchev–Trinajstić information content (AvgIpc) is 2.47. The molecule has 0 aliphatic rings. The van der Waals surface area contributed by atoms with E-state index in [0.717, 1.165) is 6.07 Å². The summed E-state index contributed by atoms with van der Waals surface area (Å²) in [5.41, 5.74) is 8.28. The third-order valence-electron chi connectivity index (χ3n) is 2.84. The summed E-state index contributed by atoms with van der Waals surface area (Å²) >= 11 is 4.59. The number of nitrogens with two attached hydrogens (primary N) is 1. The quantitative estimate of drug-likeness (QED) is 0.516. The van der Waals surface area contributed by atoms with Gasteiger partial charge in [0.2, 0.25) is 0 Å². The molecule has 2 rings (SSSR count). The van der Waals surface area contributed by atoms with Crippen LogP contribution < -0.4 is 11.2 Å². The van der Waals surface area contributed by atoms with Crippen LogP contribution in [0, 0.1) is 0 Å². The van der Waals surface area contributed by atoms with Crippen molar-refractivity contribution in [3.63, 3.8) is 0 Å². The van der Waals surface area contributed by atoms with Crippen LogP contribution in [0.5, 0.6) is 0 Å². The number of hydrogen-bond donors (Lipinski definition) is 2. The minimum atomic E-state index is -4.39. The predicted molar refractivity (Wildman–Crippen MR) is 84.4 cm³/mol. The van der Waals surface area contributed by atoms with Gasteiger partial charge in [-0.2, -0.15) is 18.3 Å². The van der Waals surface area contributed by atoms with Gasteiger partial charge in [-0.05, 0) is 35.0 Å². The van der Waals surface area contributed by atoms with Crippen LogP contribution in [0.15, 0.2) is 53.6 Å². The molecule has 3 N–H and O–H groups in total. The van der Waals surface area contributed by atoms with Gasteiger partial charge < -0.3 is 5.73 Å². The Kier molecular flexibility index (Phi) is 4.77. The van der Waals surface area contributed by atoms with Gasteiger partial charge in [-0.25, -0.2) is 0 Å². The van der Waals surface area contributed by atoms with E-state index in [9.17, 15) is 13.2 Å². The van der Waals surface area contributed by atoms with Crippen LogP contribution in [0.3, 0.4) is 0 Å². The first kappa shape index (κ1) is 16.0. The van der Waals surface area contributed by atoms with Crippen molar-refractivity contribution in [2.45, 2.75) is 6.18 Å². The standard InChI is InChI=1S/C15H12F3N3S/c16-15(17,18)13-4-2-1-3-12(13)11-7-5-10(6-8-11)9-20-21-14(19)22/h1-9H,(H3,19,21,22). The van der Waals surface area contributed by atoms with Crippen LogP contribution in [0.4, 0.5) is 13.2 Å². The monoisotopic (exact) mass is 323 g/mol. The van der Waals surface area contributed by atoms with E-state index in [1.54, 1.807) is 30.3 Å². The first-order valence-electron chi connectivity index (χ1n) is 6.23. The van der Waals surface area contributed by atoms with Gasteiger partial charge in [-0.15, -0.1) is 0 Å². The average molecular weight is 323 g/mol. The lowest BCUT2D eigenvalue weighted by atomic mass is 9.98. The molecule has 0 saturated heterocycles. The van der Waals surface area contributed by atoms with E-state index >= 15 is 0 Å². The van der Waals surface area contributed by atoms with Crippen LogP contribution in [0.1, 0.15) is 11.1 Å². The van der Waals surface area contributed by atoms with E-state index in [1.807, 2.05) is 0 Å². The summed E-state index contributed by atoms with van der Waals surface area (Å²) in [6.45, 7) is 0. The second-order valence-electron chi connectivity index (χ2n) is 4.40. The molecule has 0 aliphatic heterocycles. The SMILES string of the molecule is NC(=S)NN=Cc1ccc(-c2ccccc2C(F)(F)F)cc1. The lowest BCUT2D eigenvalue weighted by Gasteiger charge is -2.12. The fourth-order valence-corrected chi connectivity index (χ4v) is 1.95. The zero-order valence-electron chi connectivity index (χ0n) is 11.3. The Bertz CT molecular complexity index is 694. The lowest BCUT2D eigenvalue weighted by molar-refractivity contribution is -0.137. The molecular formula is C15H12F3N3S. The molecule has 0 amide bonds. The molecule has 0 aromatic heterocycles. The van der Waals surface area contributed by atoms with Crippen LogP contribution >= 0.6 is 12.2 Å². The minimum absolute atomic E-state index is 0.0342. The predicted octanol–water partition coefficient (Wildman–Crippen LogP) is 3.54. The summed E-state index contributed by atoms with van der Waals surface area (Å²) in [5, 5.41) is 3.81. The van der Waals surface area contributed by atoms with Gasteiger partial charge in [-0.1, -0.05) is 42.5 Å². The summed E-state index contributed by atoms with van der Waals surface area (Å²) in [4.78, 5) is 0. The van der Waals surface area contributed by atoms with Gasteiger partial charge in [0.1, 0.15) is 0 Å². The zero-order chi connectivity index (χ0) is 16.2.